The van der Waals surface area contributed by atoms with E-state index in [0.717, 1.165) is 36.6 Å². The Morgan fingerprint density at radius 1 is 1.16 bits per heavy atom. The summed E-state index contributed by atoms with van der Waals surface area (Å²) in [6.45, 7) is 5.01. The lowest BCUT2D eigenvalue weighted by Crippen LogP contribution is -2.31. The van der Waals surface area contributed by atoms with E-state index >= 15 is 0 Å². The standard InChI is InChI=1S/C14H23ClN2O2/c1-4-13-9-12(11-15)10-14(16-13)17(5-7-18-2)6-8-19-3/h9-10H,4-8,11H2,1-3H3. The van der Waals surface area contributed by atoms with Gasteiger partial charge in [0.1, 0.15) is 5.82 Å². The van der Waals surface area contributed by atoms with Crippen LogP contribution in [0.4, 0.5) is 5.82 Å². The molecule has 1 rings (SSSR count). The summed E-state index contributed by atoms with van der Waals surface area (Å²) in [5.74, 6) is 1.45. The molecule has 108 valence electrons. The lowest BCUT2D eigenvalue weighted by Gasteiger charge is -2.24. The molecule has 0 amide bonds. The molecule has 0 bridgehead atoms. The molecule has 0 aliphatic heterocycles. The molecule has 0 aliphatic carbocycles. The fraction of sp³-hybridized carbons (Fsp3) is 0.643. The van der Waals surface area contributed by atoms with Gasteiger partial charge < -0.3 is 14.4 Å². The monoisotopic (exact) mass is 286 g/mol. The van der Waals surface area contributed by atoms with Crippen molar-refractivity contribution in [2.45, 2.75) is 19.2 Å². The van der Waals surface area contributed by atoms with Crippen LogP contribution in [-0.4, -0.2) is 45.5 Å². The van der Waals surface area contributed by atoms with Crippen molar-refractivity contribution in [1.29, 1.82) is 0 Å². The molecule has 0 saturated carbocycles. The second-order valence-electron chi connectivity index (χ2n) is 4.28. The lowest BCUT2D eigenvalue weighted by molar-refractivity contribution is 0.190. The maximum Gasteiger partial charge on any atom is 0.129 e. The number of methoxy groups -OCH3 is 2. The molecule has 0 aliphatic rings. The van der Waals surface area contributed by atoms with Gasteiger partial charge in [0.2, 0.25) is 0 Å². The Labute approximate surface area is 120 Å². The number of hydrogen-bond donors (Lipinski definition) is 0. The molecule has 0 radical (unpaired) electrons. The van der Waals surface area contributed by atoms with Gasteiger partial charge in [0.05, 0.1) is 13.2 Å². The van der Waals surface area contributed by atoms with E-state index in [9.17, 15) is 0 Å². The van der Waals surface area contributed by atoms with Gasteiger partial charge in [-0.05, 0) is 24.1 Å². The third-order valence-electron chi connectivity index (χ3n) is 2.90. The Morgan fingerprint density at radius 3 is 2.26 bits per heavy atom. The fourth-order valence-electron chi connectivity index (χ4n) is 1.80. The van der Waals surface area contributed by atoms with Crippen LogP contribution in [0.3, 0.4) is 0 Å². The summed E-state index contributed by atoms with van der Waals surface area (Å²) in [4.78, 5) is 6.83. The van der Waals surface area contributed by atoms with E-state index in [2.05, 4.69) is 22.9 Å². The zero-order valence-corrected chi connectivity index (χ0v) is 12.7. The van der Waals surface area contributed by atoms with E-state index < -0.39 is 0 Å². The van der Waals surface area contributed by atoms with Crippen molar-refractivity contribution < 1.29 is 9.47 Å². The second-order valence-corrected chi connectivity index (χ2v) is 4.55. The van der Waals surface area contributed by atoms with Gasteiger partial charge >= 0.3 is 0 Å². The SMILES string of the molecule is CCc1cc(CCl)cc(N(CCOC)CCOC)n1. The van der Waals surface area contributed by atoms with Crippen molar-refractivity contribution in [1.82, 2.24) is 4.98 Å². The zero-order chi connectivity index (χ0) is 14.1. The van der Waals surface area contributed by atoms with Gasteiger partial charge in [0, 0.05) is 38.9 Å². The molecule has 5 heteroatoms. The van der Waals surface area contributed by atoms with Crippen molar-refractivity contribution >= 4 is 17.4 Å². The van der Waals surface area contributed by atoms with Gasteiger partial charge in [-0.25, -0.2) is 4.98 Å². The number of pyridine rings is 1. The topological polar surface area (TPSA) is 34.6 Å². The Kier molecular flexibility index (Phi) is 7.79. The van der Waals surface area contributed by atoms with Crippen LogP contribution >= 0.6 is 11.6 Å². The minimum absolute atomic E-state index is 0.505. The number of nitrogens with zero attached hydrogens (tertiary/aromatic N) is 2. The summed E-state index contributed by atoms with van der Waals surface area (Å²) in [6.07, 6.45) is 0.903. The number of hydrogen-bond acceptors (Lipinski definition) is 4. The molecule has 0 N–H and O–H groups in total. The Hall–Kier alpha value is -0.840. The quantitative estimate of drug-likeness (QED) is 0.653. The molecule has 0 saturated heterocycles. The number of aryl methyl sites for hydroxylation is 1. The van der Waals surface area contributed by atoms with Crippen LogP contribution in [0.15, 0.2) is 12.1 Å². The van der Waals surface area contributed by atoms with Crippen LogP contribution < -0.4 is 4.90 Å². The largest absolute Gasteiger partial charge is 0.383 e. The minimum atomic E-state index is 0.505. The smallest absolute Gasteiger partial charge is 0.129 e. The van der Waals surface area contributed by atoms with Gasteiger partial charge in [0.15, 0.2) is 0 Å². The van der Waals surface area contributed by atoms with Crippen molar-refractivity contribution in [3.05, 3.63) is 23.4 Å². The van der Waals surface area contributed by atoms with Crippen molar-refractivity contribution in [2.75, 3.05) is 45.4 Å². The summed E-state index contributed by atoms with van der Waals surface area (Å²) >= 11 is 5.95. The van der Waals surface area contributed by atoms with Crippen LogP contribution in [0.25, 0.3) is 0 Å². The Balaban J connectivity index is 2.91. The summed E-state index contributed by atoms with van der Waals surface area (Å²) in [7, 11) is 3.41. The van der Waals surface area contributed by atoms with E-state index in [1.807, 2.05) is 6.07 Å². The highest BCUT2D eigenvalue weighted by atomic mass is 35.5. The normalized spacial score (nSPS) is 10.7. The molecule has 1 aromatic heterocycles. The van der Waals surface area contributed by atoms with Crippen LogP contribution in [0.5, 0.6) is 0 Å². The van der Waals surface area contributed by atoms with Gasteiger partial charge in [-0.2, -0.15) is 0 Å². The average molecular weight is 287 g/mol. The predicted molar refractivity (Wildman–Crippen MR) is 79.1 cm³/mol. The van der Waals surface area contributed by atoms with E-state index in [1.165, 1.54) is 0 Å². The number of alkyl halides is 1. The lowest BCUT2D eigenvalue weighted by atomic mass is 10.2. The Bertz CT molecular complexity index is 344. The minimum Gasteiger partial charge on any atom is -0.383 e. The third-order valence-corrected chi connectivity index (χ3v) is 3.20. The molecule has 0 atom stereocenters. The molecule has 0 fully saturated rings. The molecule has 19 heavy (non-hydrogen) atoms. The van der Waals surface area contributed by atoms with Gasteiger partial charge in [-0.1, -0.05) is 6.92 Å². The average Bonchev–Trinajstić information content (AvgIpc) is 2.46. The molecule has 1 aromatic rings. The van der Waals surface area contributed by atoms with Gasteiger partial charge in [-0.3, -0.25) is 0 Å². The highest BCUT2D eigenvalue weighted by molar-refractivity contribution is 6.17. The first-order chi connectivity index (χ1) is 9.24. The predicted octanol–water partition coefficient (Wildman–Crippen LogP) is 2.48. The highest BCUT2D eigenvalue weighted by Gasteiger charge is 2.10. The first-order valence-electron chi connectivity index (χ1n) is 6.53. The van der Waals surface area contributed by atoms with Crippen LogP contribution in [0.2, 0.25) is 0 Å². The number of halogens is 1. The van der Waals surface area contributed by atoms with Gasteiger partial charge in [-0.15, -0.1) is 11.6 Å². The third kappa shape index (κ3) is 5.35. The second kappa shape index (κ2) is 9.13. The summed E-state index contributed by atoms with van der Waals surface area (Å²) in [5.41, 5.74) is 2.16. The van der Waals surface area contributed by atoms with E-state index in [0.29, 0.717) is 19.1 Å². The number of rotatable bonds is 9. The van der Waals surface area contributed by atoms with Crippen LogP contribution in [-0.2, 0) is 21.8 Å². The summed E-state index contributed by atoms with van der Waals surface area (Å²) < 4.78 is 10.3. The van der Waals surface area contributed by atoms with Crippen molar-refractivity contribution in [3.8, 4) is 0 Å². The first-order valence-corrected chi connectivity index (χ1v) is 7.07. The van der Waals surface area contributed by atoms with E-state index in [1.54, 1.807) is 14.2 Å². The Morgan fingerprint density at radius 2 is 1.79 bits per heavy atom. The van der Waals surface area contributed by atoms with Crippen LogP contribution in [0.1, 0.15) is 18.2 Å². The number of anilines is 1. The highest BCUT2D eigenvalue weighted by Crippen LogP contribution is 2.17. The molecule has 0 spiro atoms. The number of ether oxygens (including phenoxy) is 2. The first kappa shape index (κ1) is 16.2. The van der Waals surface area contributed by atoms with E-state index in [4.69, 9.17) is 21.1 Å². The molecule has 0 unspecified atom stereocenters. The summed E-state index contributed by atoms with van der Waals surface area (Å²) in [5, 5.41) is 0. The van der Waals surface area contributed by atoms with Crippen LogP contribution in [0, 0.1) is 0 Å². The molecular weight excluding hydrogens is 264 g/mol. The molecule has 0 aromatic carbocycles. The van der Waals surface area contributed by atoms with E-state index in [-0.39, 0.29) is 0 Å². The maximum absolute atomic E-state index is 5.95. The zero-order valence-electron chi connectivity index (χ0n) is 12.0. The summed E-state index contributed by atoms with van der Waals surface area (Å²) in [6, 6.07) is 4.10. The van der Waals surface area contributed by atoms with Crippen molar-refractivity contribution in [3.63, 3.8) is 0 Å². The fourth-order valence-corrected chi connectivity index (χ4v) is 1.95. The molecule has 1 heterocycles. The molecular formula is C14H23ClN2O2. The van der Waals surface area contributed by atoms with Gasteiger partial charge in [0.25, 0.3) is 0 Å². The maximum atomic E-state index is 5.95. The van der Waals surface area contributed by atoms with Crippen molar-refractivity contribution in [2.24, 2.45) is 0 Å². The molecule has 4 nitrogen and oxygen atoms in total. The number of aromatic nitrogens is 1.